The molecule has 1 atom stereocenters. The third-order valence-corrected chi connectivity index (χ3v) is 4.96. The minimum absolute atomic E-state index is 0.217. The Labute approximate surface area is 144 Å². The molecule has 5 heteroatoms. The Morgan fingerprint density at radius 2 is 1.92 bits per heavy atom. The summed E-state index contributed by atoms with van der Waals surface area (Å²) in [6.45, 7) is 8.40. The highest BCUT2D eigenvalue weighted by atomic mass is 16.4. The van der Waals surface area contributed by atoms with Crippen LogP contribution in [0.25, 0.3) is 0 Å². The van der Waals surface area contributed by atoms with Crippen LogP contribution in [0.1, 0.15) is 43.2 Å². The lowest BCUT2D eigenvalue weighted by Gasteiger charge is -2.36. The van der Waals surface area contributed by atoms with Gasteiger partial charge in [0.05, 0.1) is 6.04 Å². The minimum atomic E-state index is 0.217. The number of hydrogen-bond acceptors (Lipinski definition) is 5. The fourth-order valence-corrected chi connectivity index (χ4v) is 3.56. The van der Waals surface area contributed by atoms with Gasteiger partial charge in [-0.15, -0.1) is 10.2 Å². The first-order chi connectivity index (χ1) is 11.6. The van der Waals surface area contributed by atoms with E-state index in [-0.39, 0.29) is 6.04 Å². The Morgan fingerprint density at radius 3 is 2.54 bits per heavy atom. The average molecular weight is 328 g/mol. The number of nitrogens with zero attached hydrogens (tertiary/aromatic N) is 4. The highest BCUT2D eigenvalue weighted by Gasteiger charge is 2.26. The molecule has 5 nitrogen and oxygen atoms in total. The second-order valence-electron chi connectivity index (χ2n) is 7.00. The SMILES string of the molecule is Cc1nnc([C@@H](C)N2CCC(CN(C)Cc3ccccc3)CC2)o1. The Morgan fingerprint density at radius 1 is 1.21 bits per heavy atom. The van der Waals surface area contributed by atoms with Crippen molar-refractivity contribution < 1.29 is 4.42 Å². The third kappa shape index (κ3) is 4.42. The van der Waals surface area contributed by atoms with Gasteiger partial charge in [-0.2, -0.15) is 0 Å². The van der Waals surface area contributed by atoms with E-state index in [1.54, 1.807) is 0 Å². The zero-order valence-electron chi connectivity index (χ0n) is 15.0. The van der Waals surface area contributed by atoms with Gasteiger partial charge < -0.3 is 9.32 Å². The van der Waals surface area contributed by atoms with Gasteiger partial charge in [0.15, 0.2) is 0 Å². The molecule has 0 spiro atoms. The van der Waals surface area contributed by atoms with Crippen LogP contribution < -0.4 is 0 Å². The maximum Gasteiger partial charge on any atom is 0.233 e. The lowest BCUT2D eigenvalue weighted by molar-refractivity contribution is 0.108. The maximum atomic E-state index is 5.58. The monoisotopic (exact) mass is 328 g/mol. The molecule has 1 saturated heterocycles. The van der Waals surface area contributed by atoms with Crippen molar-refractivity contribution in [3.63, 3.8) is 0 Å². The third-order valence-electron chi connectivity index (χ3n) is 4.96. The molecule has 2 heterocycles. The molecule has 0 unspecified atom stereocenters. The average Bonchev–Trinajstić information content (AvgIpc) is 3.02. The highest BCUT2D eigenvalue weighted by Crippen LogP contribution is 2.26. The van der Waals surface area contributed by atoms with Gasteiger partial charge in [0.1, 0.15) is 0 Å². The number of aromatic nitrogens is 2. The summed E-state index contributed by atoms with van der Waals surface area (Å²) in [4.78, 5) is 4.90. The molecule has 0 N–H and O–H groups in total. The topological polar surface area (TPSA) is 45.4 Å². The van der Waals surface area contributed by atoms with E-state index in [9.17, 15) is 0 Å². The van der Waals surface area contributed by atoms with Crippen LogP contribution in [0.2, 0.25) is 0 Å². The van der Waals surface area contributed by atoms with Gasteiger partial charge in [-0.05, 0) is 51.4 Å². The van der Waals surface area contributed by atoms with Gasteiger partial charge in [-0.3, -0.25) is 4.90 Å². The summed E-state index contributed by atoms with van der Waals surface area (Å²) >= 11 is 0. The summed E-state index contributed by atoms with van der Waals surface area (Å²) < 4.78 is 5.58. The molecule has 3 rings (SSSR count). The summed E-state index contributed by atoms with van der Waals surface area (Å²) in [5.74, 6) is 2.16. The maximum absolute atomic E-state index is 5.58. The standard InChI is InChI=1S/C19H28N4O/c1-15(19-21-20-16(2)24-19)23-11-9-18(10-12-23)14-22(3)13-17-7-5-4-6-8-17/h4-8,15,18H,9-14H2,1-3H3/t15-/m1/s1. The first-order valence-electron chi connectivity index (χ1n) is 8.88. The van der Waals surface area contributed by atoms with E-state index in [1.165, 1.54) is 18.4 Å². The Hall–Kier alpha value is -1.72. The van der Waals surface area contributed by atoms with Gasteiger partial charge in [-0.25, -0.2) is 0 Å². The van der Waals surface area contributed by atoms with Crippen molar-refractivity contribution in [2.45, 2.75) is 39.3 Å². The zero-order chi connectivity index (χ0) is 16.9. The van der Waals surface area contributed by atoms with Crippen molar-refractivity contribution in [2.24, 2.45) is 5.92 Å². The first kappa shape index (κ1) is 17.1. The van der Waals surface area contributed by atoms with Crippen LogP contribution in [0, 0.1) is 12.8 Å². The summed E-state index contributed by atoms with van der Waals surface area (Å²) in [5, 5.41) is 8.12. The lowest BCUT2D eigenvalue weighted by atomic mass is 9.95. The predicted molar refractivity (Wildman–Crippen MR) is 94.5 cm³/mol. The number of hydrogen-bond donors (Lipinski definition) is 0. The Bertz CT molecular complexity index is 619. The molecule has 0 amide bonds. The van der Waals surface area contributed by atoms with Crippen LogP contribution in [0.15, 0.2) is 34.7 Å². The summed E-state index contributed by atoms with van der Waals surface area (Å²) in [6, 6.07) is 10.9. The van der Waals surface area contributed by atoms with Crippen LogP contribution in [-0.4, -0.2) is 46.7 Å². The van der Waals surface area contributed by atoms with E-state index in [0.29, 0.717) is 5.89 Å². The van der Waals surface area contributed by atoms with E-state index in [2.05, 4.69) is 64.3 Å². The van der Waals surface area contributed by atoms with Crippen molar-refractivity contribution in [3.8, 4) is 0 Å². The summed E-state index contributed by atoms with van der Waals surface area (Å²) in [6.07, 6.45) is 2.47. The van der Waals surface area contributed by atoms with Crippen molar-refractivity contribution in [3.05, 3.63) is 47.7 Å². The number of piperidine rings is 1. The van der Waals surface area contributed by atoms with Crippen LogP contribution in [0.5, 0.6) is 0 Å². The van der Waals surface area contributed by atoms with Gasteiger partial charge in [-0.1, -0.05) is 30.3 Å². The fraction of sp³-hybridized carbons (Fsp3) is 0.579. The van der Waals surface area contributed by atoms with Gasteiger partial charge in [0.25, 0.3) is 0 Å². The van der Waals surface area contributed by atoms with E-state index in [1.807, 2.05) is 6.92 Å². The smallest absolute Gasteiger partial charge is 0.233 e. The number of rotatable bonds is 6. The lowest BCUT2D eigenvalue weighted by Crippen LogP contribution is -2.39. The molecule has 0 bridgehead atoms. The zero-order valence-corrected chi connectivity index (χ0v) is 15.0. The van der Waals surface area contributed by atoms with Crippen LogP contribution >= 0.6 is 0 Å². The van der Waals surface area contributed by atoms with E-state index >= 15 is 0 Å². The van der Waals surface area contributed by atoms with Crippen LogP contribution in [0.3, 0.4) is 0 Å². The molecule has 1 aliphatic rings. The summed E-state index contributed by atoms with van der Waals surface area (Å²) in [7, 11) is 2.23. The van der Waals surface area contributed by atoms with Crippen molar-refractivity contribution in [1.82, 2.24) is 20.0 Å². The molecule has 2 aromatic rings. The molecule has 1 aromatic carbocycles. The molecular formula is C19H28N4O. The van der Waals surface area contributed by atoms with Gasteiger partial charge in [0.2, 0.25) is 11.8 Å². The van der Waals surface area contributed by atoms with Gasteiger partial charge >= 0.3 is 0 Å². The quantitative estimate of drug-likeness (QED) is 0.814. The summed E-state index contributed by atoms with van der Waals surface area (Å²) in [5.41, 5.74) is 1.39. The van der Waals surface area contributed by atoms with Crippen LogP contribution in [-0.2, 0) is 6.54 Å². The molecular weight excluding hydrogens is 300 g/mol. The molecule has 1 fully saturated rings. The van der Waals surface area contributed by atoms with E-state index < -0.39 is 0 Å². The number of aryl methyl sites for hydroxylation is 1. The van der Waals surface area contributed by atoms with Crippen molar-refractivity contribution in [1.29, 1.82) is 0 Å². The first-order valence-corrected chi connectivity index (χ1v) is 8.88. The Kier molecular flexibility index (Phi) is 5.63. The molecule has 1 aliphatic heterocycles. The molecule has 0 saturated carbocycles. The second-order valence-corrected chi connectivity index (χ2v) is 7.00. The molecule has 0 radical (unpaired) electrons. The van der Waals surface area contributed by atoms with Crippen LogP contribution in [0.4, 0.5) is 0 Å². The fourth-order valence-electron chi connectivity index (χ4n) is 3.56. The van der Waals surface area contributed by atoms with E-state index in [0.717, 1.165) is 38.0 Å². The number of benzene rings is 1. The normalized spacial score (nSPS) is 18.2. The molecule has 1 aromatic heterocycles. The van der Waals surface area contributed by atoms with Crippen molar-refractivity contribution >= 4 is 0 Å². The van der Waals surface area contributed by atoms with E-state index in [4.69, 9.17) is 4.42 Å². The van der Waals surface area contributed by atoms with Gasteiger partial charge in [0, 0.05) is 20.0 Å². The Balaban J connectivity index is 1.45. The molecule has 0 aliphatic carbocycles. The predicted octanol–water partition coefficient (Wildman–Crippen LogP) is 3.28. The minimum Gasteiger partial charge on any atom is -0.424 e. The van der Waals surface area contributed by atoms with Crippen molar-refractivity contribution in [2.75, 3.05) is 26.7 Å². The second kappa shape index (κ2) is 7.90. The highest BCUT2D eigenvalue weighted by molar-refractivity contribution is 5.14. The molecule has 24 heavy (non-hydrogen) atoms. The largest absolute Gasteiger partial charge is 0.424 e. The number of likely N-dealkylation sites (tertiary alicyclic amines) is 1. The molecule has 130 valence electrons.